The Labute approximate surface area is 80.7 Å². The molecule has 0 amide bonds. The molecule has 3 N–H and O–H groups in total. The first kappa shape index (κ1) is 10.4. The Balaban J connectivity index is 3.12. The van der Waals surface area contributed by atoms with Crippen LogP contribution in [0.3, 0.4) is 0 Å². The van der Waals surface area contributed by atoms with Crippen molar-refractivity contribution in [2.75, 3.05) is 0 Å². The zero-order valence-corrected chi connectivity index (χ0v) is 7.40. The van der Waals surface area contributed by atoms with Crippen LogP contribution in [0.15, 0.2) is 30.9 Å². The number of hydrogen-bond acceptors (Lipinski definition) is 2. The number of halogens is 1. The minimum absolute atomic E-state index is 0.356. The quantitative estimate of drug-likeness (QED) is 0.721. The Bertz CT molecular complexity index is 376. The van der Waals surface area contributed by atoms with Crippen LogP contribution in [0.2, 0.25) is 0 Å². The van der Waals surface area contributed by atoms with Crippen molar-refractivity contribution in [3.8, 4) is 0 Å². The maximum Gasteiger partial charge on any atom is 0.338 e. The maximum absolute atomic E-state index is 13.1. The van der Waals surface area contributed by atoms with E-state index in [-0.39, 0.29) is 5.56 Å². The molecule has 0 aromatic heterocycles. The molecule has 0 aliphatic carbocycles. The van der Waals surface area contributed by atoms with Crippen LogP contribution in [0.25, 0.3) is 0 Å². The number of carboxylic acids is 1. The fourth-order valence-electron chi connectivity index (χ4n) is 1.05. The van der Waals surface area contributed by atoms with E-state index in [9.17, 15) is 9.18 Å². The van der Waals surface area contributed by atoms with Gasteiger partial charge in [0.2, 0.25) is 0 Å². The van der Waals surface area contributed by atoms with Crippen LogP contribution in [0.4, 0.5) is 4.39 Å². The van der Waals surface area contributed by atoms with E-state index in [0.29, 0.717) is 5.56 Å². The van der Waals surface area contributed by atoms with E-state index in [1.165, 1.54) is 18.2 Å². The van der Waals surface area contributed by atoms with E-state index >= 15 is 0 Å². The van der Waals surface area contributed by atoms with E-state index in [0.717, 1.165) is 6.07 Å². The van der Waals surface area contributed by atoms with Crippen molar-refractivity contribution in [2.24, 2.45) is 5.73 Å². The molecular formula is C10H10FNO2. The molecule has 14 heavy (non-hydrogen) atoms. The van der Waals surface area contributed by atoms with Crippen LogP contribution < -0.4 is 5.73 Å². The van der Waals surface area contributed by atoms with E-state index in [4.69, 9.17) is 10.8 Å². The van der Waals surface area contributed by atoms with Crippen molar-refractivity contribution >= 4 is 5.97 Å². The van der Waals surface area contributed by atoms with Crippen LogP contribution in [0.5, 0.6) is 0 Å². The fraction of sp³-hybridized carbons (Fsp3) is 0.100. The molecule has 74 valence electrons. The molecule has 0 radical (unpaired) electrons. The molecule has 1 rings (SSSR count). The Kier molecular flexibility index (Phi) is 2.99. The maximum atomic E-state index is 13.1. The van der Waals surface area contributed by atoms with Gasteiger partial charge in [-0.3, -0.25) is 0 Å². The van der Waals surface area contributed by atoms with Crippen LogP contribution >= 0.6 is 0 Å². The van der Waals surface area contributed by atoms with Crippen molar-refractivity contribution in [3.05, 3.63) is 47.8 Å². The molecule has 0 aliphatic heterocycles. The summed E-state index contributed by atoms with van der Waals surface area (Å²) in [4.78, 5) is 10.5. The smallest absolute Gasteiger partial charge is 0.338 e. The van der Waals surface area contributed by atoms with Gasteiger partial charge in [-0.2, -0.15) is 0 Å². The van der Waals surface area contributed by atoms with Gasteiger partial charge in [0.1, 0.15) is 5.82 Å². The number of aromatic carboxylic acids is 1. The number of carboxylic acid groups (broad SMARTS) is 1. The van der Waals surface area contributed by atoms with Crippen LogP contribution in [-0.2, 0) is 0 Å². The van der Waals surface area contributed by atoms with Gasteiger partial charge in [0.25, 0.3) is 0 Å². The lowest BCUT2D eigenvalue weighted by molar-refractivity contribution is 0.0692. The number of hydrogen-bond donors (Lipinski definition) is 2. The van der Waals surface area contributed by atoms with Gasteiger partial charge in [0.05, 0.1) is 5.56 Å². The minimum atomic E-state index is -1.29. The van der Waals surface area contributed by atoms with Crippen molar-refractivity contribution in [3.63, 3.8) is 0 Å². The second kappa shape index (κ2) is 4.02. The Morgan fingerprint density at radius 3 is 2.71 bits per heavy atom. The van der Waals surface area contributed by atoms with E-state index in [1.54, 1.807) is 0 Å². The highest BCUT2D eigenvalue weighted by Crippen LogP contribution is 2.15. The van der Waals surface area contributed by atoms with E-state index < -0.39 is 17.8 Å². The van der Waals surface area contributed by atoms with Gasteiger partial charge in [0, 0.05) is 6.04 Å². The average molecular weight is 195 g/mol. The molecule has 1 aromatic rings. The summed E-state index contributed by atoms with van der Waals surface area (Å²) in [6.45, 7) is 3.46. The summed E-state index contributed by atoms with van der Waals surface area (Å²) in [7, 11) is 0. The molecule has 0 fully saturated rings. The molecule has 0 saturated heterocycles. The second-order valence-electron chi connectivity index (χ2n) is 2.81. The molecule has 3 nitrogen and oxygen atoms in total. The van der Waals surface area contributed by atoms with E-state index in [1.807, 2.05) is 0 Å². The summed E-state index contributed by atoms with van der Waals surface area (Å²) < 4.78 is 13.1. The van der Waals surface area contributed by atoms with Gasteiger partial charge in [-0.15, -0.1) is 6.58 Å². The normalized spacial score (nSPS) is 12.1. The van der Waals surface area contributed by atoms with Gasteiger partial charge in [0.15, 0.2) is 0 Å². The van der Waals surface area contributed by atoms with Crippen molar-refractivity contribution in [1.29, 1.82) is 0 Å². The first-order chi connectivity index (χ1) is 6.56. The van der Waals surface area contributed by atoms with Crippen molar-refractivity contribution < 1.29 is 14.3 Å². The molecule has 0 spiro atoms. The summed E-state index contributed by atoms with van der Waals surface area (Å²) in [5.74, 6) is -2.08. The van der Waals surface area contributed by atoms with Gasteiger partial charge in [-0.05, 0) is 17.7 Å². The van der Waals surface area contributed by atoms with Crippen molar-refractivity contribution in [2.45, 2.75) is 6.04 Å². The highest BCUT2D eigenvalue weighted by atomic mass is 19.1. The van der Waals surface area contributed by atoms with Gasteiger partial charge < -0.3 is 10.8 Å². The highest BCUT2D eigenvalue weighted by Gasteiger charge is 2.11. The first-order valence-electron chi connectivity index (χ1n) is 3.97. The number of benzene rings is 1. The highest BCUT2D eigenvalue weighted by molar-refractivity contribution is 5.87. The predicted octanol–water partition coefficient (Wildman–Crippen LogP) is 1.71. The lowest BCUT2D eigenvalue weighted by Crippen LogP contribution is -2.08. The van der Waals surface area contributed by atoms with Crippen LogP contribution in [0, 0.1) is 5.82 Å². The topological polar surface area (TPSA) is 63.3 Å². The Morgan fingerprint density at radius 2 is 2.29 bits per heavy atom. The average Bonchev–Trinajstić information content (AvgIpc) is 2.15. The fourth-order valence-corrected chi connectivity index (χ4v) is 1.05. The molecule has 0 saturated carbocycles. The van der Waals surface area contributed by atoms with Gasteiger partial charge >= 0.3 is 5.97 Å². The van der Waals surface area contributed by atoms with Crippen LogP contribution in [-0.4, -0.2) is 11.1 Å². The Hall–Kier alpha value is -1.68. The standard InChI is InChI=1S/C10H10FNO2/c1-2-9(12)6-3-4-7(10(13)14)8(11)5-6/h2-5,9H,1,12H2,(H,13,14). The summed E-state index contributed by atoms with van der Waals surface area (Å²) in [5.41, 5.74) is 5.70. The minimum Gasteiger partial charge on any atom is -0.478 e. The molecule has 1 atom stereocenters. The zero-order valence-electron chi connectivity index (χ0n) is 7.40. The first-order valence-corrected chi connectivity index (χ1v) is 3.97. The van der Waals surface area contributed by atoms with Gasteiger partial charge in [-0.1, -0.05) is 12.1 Å². The summed E-state index contributed by atoms with van der Waals surface area (Å²) in [6, 6.07) is 3.29. The molecule has 0 bridgehead atoms. The van der Waals surface area contributed by atoms with Gasteiger partial charge in [-0.25, -0.2) is 9.18 Å². The number of carbonyl (C=O) groups is 1. The van der Waals surface area contributed by atoms with Crippen molar-refractivity contribution in [1.82, 2.24) is 0 Å². The van der Waals surface area contributed by atoms with E-state index in [2.05, 4.69) is 6.58 Å². The zero-order chi connectivity index (χ0) is 10.7. The largest absolute Gasteiger partial charge is 0.478 e. The molecule has 0 heterocycles. The number of nitrogens with two attached hydrogens (primary N) is 1. The molecular weight excluding hydrogens is 185 g/mol. The third-order valence-corrected chi connectivity index (χ3v) is 1.86. The predicted molar refractivity (Wildman–Crippen MR) is 50.5 cm³/mol. The summed E-state index contributed by atoms with van der Waals surface area (Å²) >= 11 is 0. The second-order valence-corrected chi connectivity index (χ2v) is 2.81. The summed E-state index contributed by atoms with van der Waals surface area (Å²) in [5, 5.41) is 8.56. The van der Waals surface area contributed by atoms with Crippen LogP contribution in [0.1, 0.15) is 22.0 Å². The third-order valence-electron chi connectivity index (χ3n) is 1.86. The lowest BCUT2D eigenvalue weighted by Gasteiger charge is -2.07. The lowest BCUT2D eigenvalue weighted by atomic mass is 10.1. The SMILES string of the molecule is C=CC(N)c1ccc(C(=O)O)c(F)c1. The molecule has 1 unspecified atom stereocenters. The molecule has 4 heteroatoms. The molecule has 0 aliphatic rings. The third kappa shape index (κ3) is 1.97. The Morgan fingerprint density at radius 1 is 1.64 bits per heavy atom. The summed E-state index contributed by atoms with van der Waals surface area (Å²) in [6.07, 6.45) is 1.45. The molecule has 1 aromatic carbocycles. The monoisotopic (exact) mass is 195 g/mol. The number of rotatable bonds is 3.